The Labute approximate surface area is 102 Å². The molecule has 0 amide bonds. The van der Waals surface area contributed by atoms with Gasteiger partial charge in [0.15, 0.2) is 17.2 Å². The fraction of sp³-hybridized carbons (Fsp3) is 0.714. The van der Waals surface area contributed by atoms with Crippen LogP contribution in [0.4, 0.5) is 0 Å². The average molecular weight is 236 g/mol. The molecular weight excluding hydrogens is 216 g/mol. The quantitative estimate of drug-likeness (QED) is 0.546. The number of Topliss-reactive ketones (excluding diaryl/α,β-unsaturated/α-hetero) is 1. The van der Waals surface area contributed by atoms with E-state index in [0.29, 0.717) is 0 Å². The summed E-state index contributed by atoms with van der Waals surface area (Å²) in [6, 6.07) is 0. The first-order valence-corrected chi connectivity index (χ1v) is 6.20. The summed E-state index contributed by atoms with van der Waals surface area (Å²) in [4.78, 5) is 23.5. The molecule has 1 saturated carbocycles. The zero-order chi connectivity index (χ0) is 12.8. The van der Waals surface area contributed by atoms with Gasteiger partial charge in [0.1, 0.15) is 0 Å². The number of ketones is 2. The number of hydrogen-bond acceptors (Lipinski definition) is 3. The molecule has 17 heavy (non-hydrogen) atoms. The topological polar surface area (TPSA) is 46.7 Å². The normalized spacial score (nSPS) is 39.9. The van der Waals surface area contributed by atoms with Crippen molar-refractivity contribution < 1.29 is 14.3 Å². The van der Waals surface area contributed by atoms with Gasteiger partial charge in [-0.1, -0.05) is 19.9 Å². The minimum Gasteiger partial charge on any atom is -0.358 e. The van der Waals surface area contributed by atoms with Crippen LogP contribution in [0.15, 0.2) is 12.2 Å². The minimum absolute atomic E-state index is 0.0158. The zero-order valence-corrected chi connectivity index (χ0v) is 10.9. The van der Waals surface area contributed by atoms with Gasteiger partial charge in [0.05, 0.1) is 6.10 Å². The number of allylic oxidation sites excluding steroid dienone is 2. The molecular formula is C14H20O3. The van der Waals surface area contributed by atoms with Crippen LogP contribution in [0.5, 0.6) is 0 Å². The maximum atomic E-state index is 12.5. The Hall–Kier alpha value is -0.960. The average Bonchev–Trinajstić information content (AvgIpc) is 2.85. The Balaban J connectivity index is 2.25. The van der Waals surface area contributed by atoms with Gasteiger partial charge < -0.3 is 4.74 Å². The van der Waals surface area contributed by atoms with E-state index in [1.54, 1.807) is 6.08 Å². The second kappa shape index (κ2) is 3.77. The van der Waals surface area contributed by atoms with E-state index in [2.05, 4.69) is 13.8 Å². The Morgan fingerprint density at radius 2 is 2.00 bits per heavy atom. The van der Waals surface area contributed by atoms with Gasteiger partial charge in [-0.05, 0) is 38.2 Å². The molecule has 0 aromatic carbocycles. The van der Waals surface area contributed by atoms with Crippen LogP contribution >= 0.6 is 0 Å². The fourth-order valence-electron chi connectivity index (χ4n) is 2.79. The van der Waals surface area contributed by atoms with E-state index in [4.69, 9.17) is 4.74 Å². The van der Waals surface area contributed by atoms with E-state index in [9.17, 15) is 9.59 Å². The second-order valence-electron chi connectivity index (χ2n) is 5.95. The molecule has 2 fully saturated rings. The lowest BCUT2D eigenvalue weighted by atomic mass is 9.63. The van der Waals surface area contributed by atoms with Crippen molar-refractivity contribution >= 4 is 11.6 Å². The molecule has 0 bridgehead atoms. The number of epoxide rings is 1. The lowest BCUT2D eigenvalue weighted by molar-refractivity contribution is -0.133. The summed E-state index contributed by atoms with van der Waals surface area (Å²) < 4.78 is 5.52. The number of carbonyl (C=O) groups is 2. The Morgan fingerprint density at radius 3 is 2.47 bits per heavy atom. The van der Waals surface area contributed by atoms with Gasteiger partial charge >= 0.3 is 0 Å². The van der Waals surface area contributed by atoms with Crippen LogP contribution in [0.1, 0.15) is 40.5 Å². The van der Waals surface area contributed by atoms with Gasteiger partial charge in [0, 0.05) is 5.92 Å². The van der Waals surface area contributed by atoms with Crippen LogP contribution in [-0.2, 0) is 14.3 Å². The highest BCUT2D eigenvalue weighted by Gasteiger charge is 2.64. The van der Waals surface area contributed by atoms with Crippen LogP contribution in [0.2, 0.25) is 0 Å². The van der Waals surface area contributed by atoms with Crippen molar-refractivity contribution in [3.63, 3.8) is 0 Å². The molecule has 0 N–H and O–H groups in total. The highest BCUT2D eigenvalue weighted by atomic mass is 16.6. The summed E-state index contributed by atoms with van der Waals surface area (Å²) in [5.74, 6) is -0.0677. The van der Waals surface area contributed by atoms with E-state index < -0.39 is 5.60 Å². The largest absolute Gasteiger partial charge is 0.358 e. The molecule has 2 aliphatic rings. The highest BCUT2D eigenvalue weighted by Crippen LogP contribution is 2.53. The van der Waals surface area contributed by atoms with Gasteiger partial charge in [-0.3, -0.25) is 9.59 Å². The smallest absolute Gasteiger partial charge is 0.174 e. The summed E-state index contributed by atoms with van der Waals surface area (Å²) in [6.45, 7) is 7.62. The molecule has 94 valence electrons. The molecule has 3 unspecified atom stereocenters. The van der Waals surface area contributed by atoms with E-state index in [0.717, 1.165) is 12.8 Å². The van der Waals surface area contributed by atoms with E-state index in [1.807, 2.05) is 6.92 Å². The third-order valence-corrected chi connectivity index (χ3v) is 4.19. The van der Waals surface area contributed by atoms with E-state index >= 15 is 0 Å². The maximum Gasteiger partial charge on any atom is 0.174 e. The first kappa shape index (κ1) is 12.5. The van der Waals surface area contributed by atoms with Crippen molar-refractivity contribution in [2.75, 3.05) is 0 Å². The first-order chi connectivity index (χ1) is 7.79. The van der Waals surface area contributed by atoms with Crippen LogP contribution in [0.25, 0.3) is 0 Å². The molecule has 3 nitrogen and oxygen atoms in total. The van der Waals surface area contributed by atoms with Gasteiger partial charge in [0.25, 0.3) is 0 Å². The van der Waals surface area contributed by atoms with E-state index in [1.165, 1.54) is 13.0 Å². The van der Waals surface area contributed by atoms with Crippen molar-refractivity contribution in [3.05, 3.63) is 12.2 Å². The Kier molecular flexibility index (Phi) is 2.77. The number of rotatable bonds is 2. The van der Waals surface area contributed by atoms with Crippen LogP contribution in [0.3, 0.4) is 0 Å². The molecule has 1 aliphatic carbocycles. The van der Waals surface area contributed by atoms with Crippen LogP contribution < -0.4 is 0 Å². The third-order valence-electron chi connectivity index (χ3n) is 4.19. The van der Waals surface area contributed by atoms with Gasteiger partial charge in [0.2, 0.25) is 0 Å². The lowest BCUT2D eigenvalue weighted by Gasteiger charge is -2.38. The van der Waals surface area contributed by atoms with Crippen LogP contribution in [0, 0.1) is 11.3 Å². The summed E-state index contributed by atoms with van der Waals surface area (Å²) in [5, 5.41) is 0. The molecule has 0 radical (unpaired) electrons. The fourth-order valence-corrected chi connectivity index (χ4v) is 2.79. The number of ether oxygens (including phenoxy) is 1. The summed E-state index contributed by atoms with van der Waals surface area (Å²) in [5.41, 5.74) is -0.624. The summed E-state index contributed by atoms with van der Waals surface area (Å²) in [6.07, 6.45) is 5.08. The van der Waals surface area contributed by atoms with E-state index in [-0.39, 0.29) is 29.0 Å². The highest BCUT2D eigenvalue weighted by molar-refractivity contribution is 5.96. The van der Waals surface area contributed by atoms with Crippen LogP contribution in [-0.4, -0.2) is 23.3 Å². The molecule has 0 aromatic heterocycles. The van der Waals surface area contributed by atoms with Gasteiger partial charge in [-0.2, -0.15) is 0 Å². The lowest BCUT2D eigenvalue weighted by Crippen LogP contribution is -2.45. The van der Waals surface area contributed by atoms with Crippen molar-refractivity contribution in [1.29, 1.82) is 0 Å². The molecule has 3 atom stereocenters. The second-order valence-corrected chi connectivity index (χ2v) is 5.95. The van der Waals surface area contributed by atoms with Gasteiger partial charge in [-0.15, -0.1) is 0 Å². The molecule has 2 rings (SSSR count). The monoisotopic (exact) mass is 236 g/mol. The minimum atomic E-state index is -0.540. The summed E-state index contributed by atoms with van der Waals surface area (Å²) >= 11 is 0. The SMILES string of the molecule is CC(=O)/C=C/C1C(=O)C2(CCC1(C)C)OC2C. The predicted molar refractivity (Wildman–Crippen MR) is 64.6 cm³/mol. The zero-order valence-electron chi connectivity index (χ0n) is 10.9. The third kappa shape index (κ3) is 1.97. The first-order valence-electron chi connectivity index (χ1n) is 6.20. The summed E-state index contributed by atoms with van der Waals surface area (Å²) in [7, 11) is 0. The van der Waals surface area contributed by atoms with Crippen molar-refractivity contribution in [2.24, 2.45) is 11.3 Å². The molecule has 1 heterocycles. The molecule has 1 spiro atoms. The predicted octanol–water partition coefficient (Wildman–Crippen LogP) is 2.29. The van der Waals surface area contributed by atoms with Crippen molar-refractivity contribution in [3.8, 4) is 0 Å². The van der Waals surface area contributed by atoms with Crippen molar-refractivity contribution in [2.45, 2.75) is 52.2 Å². The molecule has 3 heteroatoms. The molecule has 1 aliphatic heterocycles. The van der Waals surface area contributed by atoms with Gasteiger partial charge in [-0.25, -0.2) is 0 Å². The molecule has 0 aromatic rings. The molecule has 1 saturated heterocycles. The maximum absolute atomic E-state index is 12.5. The standard InChI is InChI=1S/C14H20O3/c1-9(15)5-6-11-12(16)14(10(2)17-14)8-7-13(11,3)4/h5-6,10-11H,7-8H2,1-4H3/b6-5+. The Morgan fingerprint density at radius 1 is 1.41 bits per heavy atom. The number of carbonyl (C=O) groups excluding carboxylic acids is 2. The van der Waals surface area contributed by atoms with Crippen molar-refractivity contribution in [1.82, 2.24) is 0 Å². The number of hydrogen-bond donors (Lipinski definition) is 0. The Bertz CT molecular complexity index is 394.